The molecule has 0 aromatic heterocycles. The van der Waals surface area contributed by atoms with Gasteiger partial charge in [-0.1, -0.05) is 0 Å². The smallest absolute Gasteiger partial charge is 0.355 e. The first kappa shape index (κ1) is 18.1. The predicted molar refractivity (Wildman–Crippen MR) is 88.9 cm³/mol. The maximum absolute atomic E-state index is 11.8. The van der Waals surface area contributed by atoms with Crippen LogP contribution in [0.5, 0.6) is 0 Å². The van der Waals surface area contributed by atoms with Gasteiger partial charge in [0.1, 0.15) is 5.71 Å². The zero-order valence-corrected chi connectivity index (χ0v) is 13.9. The lowest BCUT2D eigenvalue weighted by Crippen LogP contribution is -2.32. The van der Waals surface area contributed by atoms with Gasteiger partial charge in [-0.15, -0.1) is 0 Å². The number of carbonyl (C=O) groups is 4. The van der Waals surface area contributed by atoms with Crippen molar-refractivity contribution in [3.8, 4) is 0 Å². The van der Waals surface area contributed by atoms with E-state index in [0.717, 1.165) is 0 Å². The minimum atomic E-state index is -0.748. The number of benzene rings is 1. The zero-order chi connectivity index (χ0) is 18.4. The third kappa shape index (κ3) is 5.13. The van der Waals surface area contributed by atoms with Gasteiger partial charge in [0.05, 0.1) is 0 Å². The Morgan fingerprint density at radius 2 is 1.88 bits per heavy atom. The van der Waals surface area contributed by atoms with Gasteiger partial charge < -0.3 is 15.0 Å². The summed E-state index contributed by atoms with van der Waals surface area (Å²) in [6, 6.07) is 6.33. The Morgan fingerprint density at radius 3 is 2.44 bits per heavy atom. The summed E-state index contributed by atoms with van der Waals surface area (Å²) in [6.07, 6.45) is 0.325. The fraction of sp³-hybridized carbons (Fsp3) is 0.312. The van der Waals surface area contributed by atoms with E-state index in [1.807, 2.05) is 0 Å². The molecule has 1 aromatic carbocycles. The molecule has 1 aliphatic heterocycles. The van der Waals surface area contributed by atoms with Crippen molar-refractivity contribution in [2.75, 3.05) is 26.0 Å². The second-order valence-electron chi connectivity index (χ2n) is 5.49. The summed E-state index contributed by atoms with van der Waals surface area (Å²) in [7, 11) is 3.29. The maximum Gasteiger partial charge on any atom is 0.355 e. The van der Waals surface area contributed by atoms with Crippen LogP contribution >= 0.6 is 0 Å². The van der Waals surface area contributed by atoms with Gasteiger partial charge in [0.15, 0.2) is 6.61 Å². The molecule has 0 saturated heterocycles. The van der Waals surface area contributed by atoms with E-state index < -0.39 is 18.5 Å². The molecule has 0 unspecified atom stereocenters. The summed E-state index contributed by atoms with van der Waals surface area (Å²) >= 11 is 0. The standard InChI is InChI=1S/C16H18N4O5/c1-20(2)15(23)10-3-5-11(6-4-10)17-14(22)9-25-16(24)12-7-8-13(21)19-18-12/h3-6H,7-9H2,1-2H3,(H,17,22)(H,19,21). The Hall–Kier alpha value is -3.23. The Bertz CT molecular complexity index is 725. The molecular weight excluding hydrogens is 328 g/mol. The molecule has 0 radical (unpaired) electrons. The average molecular weight is 346 g/mol. The van der Waals surface area contributed by atoms with Crippen molar-refractivity contribution in [1.82, 2.24) is 10.3 Å². The molecule has 0 fully saturated rings. The minimum absolute atomic E-state index is 0.0685. The number of amides is 3. The van der Waals surface area contributed by atoms with Crippen molar-refractivity contribution in [3.05, 3.63) is 29.8 Å². The van der Waals surface area contributed by atoms with Crippen LogP contribution in [0.25, 0.3) is 0 Å². The zero-order valence-electron chi connectivity index (χ0n) is 13.9. The second-order valence-corrected chi connectivity index (χ2v) is 5.49. The molecule has 9 heteroatoms. The summed E-state index contributed by atoms with van der Waals surface area (Å²) in [4.78, 5) is 47.7. The Balaban J connectivity index is 1.83. The number of carbonyl (C=O) groups excluding carboxylic acids is 4. The summed E-state index contributed by atoms with van der Waals surface area (Å²) in [6.45, 7) is -0.482. The minimum Gasteiger partial charge on any atom is -0.451 e. The summed E-state index contributed by atoms with van der Waals surface area (Å²) in [5, 5.41) is 6.14. The monoisotopic (exact) mass is 346 g/mol. The summed E-state index contributed by atoms with van der Waals surface area (Å²) < 4.78 is 4.85. The van der Waals surface area contributed by atoms with Crippen molar-refractivity contribution in [1.29, 1.82) is 0 Å². The van der Waals surface area contributed by atoms with Gasteiger partial charge in [-0.2, -0.15) is 5.10 Å². The topological polar surface area (TPSA) is 117 Å². The van der Waals surface area contributed by atoms with E-state index in [0.29, 0.717) is 11.3 Å². The molecule has 1 heterocycles. The number of hydrazone groups is 1. The molecule has 0 saturated carbocycles. The number of ether oxygens (including phenoxy) is 1. The third-order valence-electron chi connectivity index (χ3n) is 3.30. The number of nitrogens with zero attached hydrogens (tertiary/aromatic N) is 2. The molecular formula is C16H18N4O5. The third-order valence-corrected chi connectivity index (χ3v) is 3.30. The van der Waals surface area contributed by atoms with Crippen molar-refractivity contribution >= 4 is 35.1 Å². The van der Waals surface area contributed by atoms with Gasteiger partial charge in [-0.05, 0) is 24.3 Å². The van der Waals surface area contributed by atoms with Gasteiger partial charge in [0, 0.05) is 38.2 Å². The SMILES string of the molecule is CN(C)C(=O)c1ccc(NC(=O)COC(=O)C2=NNC(=O)CC2)cc1. The molecule has 2 N–H and O–H groups in total. The first-order chi connectivity index (χ1) is 11.9. The molecule has 2 rings (SSSR count). The molecule has 25 heavy (non-hydrogen) atoms. The van der Waals surface area contributed by atoms with Crippen LogP contribution in [0.2, 0.25) is 0 Å². The van der Waals surface area contributed by atoms with Crippen molar-refractivity contribution < 1.29 is 23.9 Å². The van der Waals surface area contributed by atoms with Crippen LogP contribution in [0.15, 0.2) is 29.4 Å². The Labute approximate surface area is 144 Å². The number of rotatable bonds is 5. The normalized spacial score (nSPS) is 13.4. The molecule has 0 aliphatic carbocycles. The fourth-order valence-corrected chi connectivity index (χ4v) is 1.99. The first-order valence-electron chi connectivity index (χ1n) is 7.51. The predicted octanol–water partition coefficient (Wildman–Crippen LogP) is 0.136. The number of anilines is 1. The maximum atomic E-state index is 11.8. The molecule has 1 aromatic rings. The number of nitrogens with one attached hydrogen (secondary N) is 2. The quantitative estimate of drug-likeness (QED) is 0.735. The second kappa shape index (κ2) is 8.04. The summed E-state index contributed by atoms with van der Waals surface area (Å²) in [5.41, 5.74) is 3.21. The highest BCUT2D eigenvalue weighted by Gasteiger charge is 2.20. The molecule has 0 spiro atoms. The fourth-order valence-electron chi connectivity index (χ4n) is 1.99. The van der Waals surface area contributed by atoms with Gasteiger partial charge in [-0.3, -0.25) is 14.4 Å². The van der Waals surface area contributed by atoms with E-state index in [2.05, 4.69) is 15.8 Å². The summed E-state index contributed by atoms with van der Waals surface area (Å²) in [5.74, 6) is -1.69. The van der Waals surface area contributed by atoms with E-state index in [1.165, 1.54) is 4.90 Å². The van der Waals surface area contributed by atoms with E-state index >= 15 is 0 Å². The lowest BCUT2D eigenvalue weighted by molar-refractivity contribution is -0.140. The number of hydrogen-bond donors (Lipinski definition) is 2. The largest absolute Gasteiger partial charge is 0.451 e. The molecule has 0 bridgehead atoms. The molecule has 3 amide bonds. The Morgan fingerprint density at radius 1 is 1.20 bits per heavy atom. The van der Waals surface area contributed by atoms with Crippen LogP contribution < -0.4 is 10.7 Å². The van der Waals surface area contributed by atoms with Crippen LogP contribution in [0.4, 0.5) is 5.69 Å². The van der Waals surface area contributed by atoms with Crippen LogP contribution in [-0.4, -0.2) is 55.0 Å². The first-order valence-corrected chi connectivity index (χ1v) is 7.51. The van der Waals surface area contributed by atoms with E-state index in [1.54, 1.807) is 38.4 Å². The van der Waals surface area contributed by atoms with Crippen molar-refractivity contribution in [3.63, 3.8) is 0 Å². The van der Waals surface area contributed by atoms with Gasteiger partial charge >= 0.3 is 5.97 Å². The van der Waals surface area contributed by atoms with Crippen LogP contribution in [0.3, 0.4) is 0 Å². The number of hydrogen-bond acceptors (Lipinski definition) is 6. The van der Waals surface area contributed by atoms with E-state index in [-0.39, 0.29) is 30.4 Å². The van der Waals surface area contributed by atoms with Crippen LogP contribution in [0, 0.1) is 0 Å². The highest BCUT2D eigenvalue weighted by Crippen LogP contribution is 2.11. The molecule has 9 nitrogen and oxygen atoms in total. The van der Waals surface area contributed by atoms with Crippen molar-refractivity contribution in [2.24, 2.45) is 5.10 Å². The molecule has 132 valence electrons. The highest BCUT2D eigenvalue weighted by molar-refractivity contribution is 6.37. The lowest BCUT2D eigenvalue weighted by atomic mass is 10.2. The van der Waals surface area contributed by atoms with Gasteiger partial charge in [-0.25, -0.2) is 10.2 Å². The molecule has 1 aliphatic rings. The number of esters is 1. The van der Waals surface area contributed by atoms with E-state index in [4.69, 9.17) is 4.74 Å². The van der Waals surface area contributed by atoms with Gasteiger partial charge in [0.2, 0.25) is 5.91 Å². The van der Waals surface area contributed by atoms with Crippen LogP contribution in [-0.2, 0) is 19.1 Å². The van der Waals surface area contributed by atoms with Crippen LogP contribution in [0.1, 0.15) is 23.2 Å². The average Bonchev–Trinajstić information content (AvgIpc) is 2.60. The highest BCUT2D eigenvalue weighted by atomic mass is 16.5. The molecule has 0 atom stereocenters. The van der Waals surface area contributed by atoms with Crippen molar-refractivity contribution in [2.45, 2.75) is 12.8 Å². The Kier molecular flexibility index (Phi) is 5.83. The van der Waals surface area contributed by atoms with E-state index in [9.17, 15) is 19.2 Å². The lowest BCUT2D eigenvalue weighted by Gasteiger charge is -2.12. The van der Waals surface area contributed by atoms with Gasteiger partial charge in [0.25, 0.3) is 11.8 Å².